The fraction of sp³-hybridized carbons (Fsp3) is 0.250. The summed E-state index contributed by atoms with van der Waals surface area (Å²) in [4.78, 5) is 26.4. The molecule has 30 heavy (non-hydrogen) atoms. The summed E-state index contributed by atoms with van der Waals surface area (Å²) in [5, 5.41) is 17.1. The van der Waals surface area contributed by atoms with Crippen LogP contribution in [-0.4, -0.2) is 28.6 Å². The number of thiophene rings is 1. The second-order valence-electron chi connectivity index (χ2n) is 8.01. The van der Waals surface area contributed by atoms with Crippen LogP contribution in [0, 0.1) is 12.8 Å². The van der Waals surface area contributed by atoms with Crippen molar-refractivity contribution >= 4 is 28.2 Å². The number of hydrogen-bond acceptors (Lipinski definition) is 4. The Kier molecular flexibility index (Phi) is 5.45. The first kappa shape index (κ1) is 20.3. The molecule has 2 heterocycles. The van der Waals surface area contributed by atoms with E-state index in [0.29, 0.717) is 11.4 Å². The minimum absolute atomic E-state index is 0.446. The van der Waals surface area contributed by atoms with Gasteiger partial charge in [0, 0.05) is 4.88 Å². The first-order valence-electron chi connectivity index (χ1n) is 9.87. The van der Waals surface area contributed by atoms with Gasteiger partial charge in [0.25, 0.3) is 0 Å². The Hall–Kier alpha value is -2.96. The molecule has 4 rings (SSSR count). The van der Waals surface area contributed by atoms with E-state index in [1.807, 2.05) is 73.7 Å². The zero-order valence-electron chi connectivity index (χ0n) is 16.9. The molecule has 1 aliphatic rings. The highest BCUT2D eigenvalue weighted by atomic mass is 32.1. The maximum atomic E-state index is 12.8. The summed E-state index contributed by atoms with van der Waals surface area (Å²) in [7, 11) is 0. The summed E-state index contributed by atoms with van der Waals surface area (Å²) in [5.41, 5.74) is 2.34. The number of aliphatic hydroxyl groups is 1. The summed E-state index contributed by atoms with van der Waals surface area (Å²) in [6.45, 7) is 3.81. The number of carbonyl (C=O) groups excluding carboxylic acids is 2. The summed E-state index contributed by atoms with van der Waals surface area (Å²) < 4.78 is 0. The molecule has 0 radical (unpaired) electrons. The molecule has 3 aromatic rings. The van der Waals surface area contributed by atoms with Gasteiger partial charge < -0.3 is 15.7 Å². The Morgan fingerprint density at radius 3 is 2.50 bits per heavy atom. The van der Waals surface area contributed by atoms with Gasteiger partial charge in [-0.15, -0.1) is 11.3 Å². The number of aliphatic hydroxyl groups excluding tert-OH is 1. The maximum absolute atomic E-state index is 12.8. The predicted octanol–water partition coefficient (Wildman–Crippen LogP) is 3.77. The van der Waals surface area contributed by atoms with Crippen LogP contribution in [0.3, 0.4) is 0 Å². The van der Waals surface area contributed by atoms with E-state index in [9.17, 15) is 14.7 Å². The molecule has 1 saturated heterocycles. The Morgan fingerprint density at radius 1 is 1.10 bits per heavy atom. The molecule has 2 amide bonds. The van der Waals surface area contributed by atoms with Crippen molar-refractivity contribution in [3.05, 3.63) is 77.9 Å². The van der Waals surface area contributed by atoms with E-state index >= 15 is 0 Å². The molecule has 1 fully saturated rings. The van der Waals surface area contributed by atoms with E-state index in [-0.39, 0.29) is 0 Å². The van der Waals surface area contributed by atoms with Crippen molar-refractivity contribution in [1.29, 1.82) is 0 Å². The predicted molar refractivity (Wildman–Crippen MR) is 119 cm³/mol. The van der Waals surface area contributed by atoms with Gasteiger partial charge in [-0.05, 0) is 43.5 Å². The average Bonchev–Trinajstić information content (AvgIpc) is 3.25. The molecule has 0 spiro atoms. The van der Waals surface area contributed by atoms with E-state index in [0.717, 1.165) is 16.0 Å². The number of rotatable bonds is 5. The summed E-state index contributed by atoms with van der Waals surface area (Å²) in [6.07, 6.45) is -0.678. The Balaban J connectivity index is 1.47. The van der Waals surface area contributed by atoms with E-state index in [2.05, 4.69) is 10.6 Å². The molecular formula is C24H24N2O3S. The highest BCUT2D eigenvalue weighted by molar-refractivity contribution is 7.19. The first-order chi connectivity index (χ1) is 14.4. The van der Waals surface area contributed by atoms with Gasteiger partial charge in [-0.1, -0.05) is 60.2 Å². The molecule has 2 aromatic carbocycles. The Labute approximate surface area is 179 Å². The van der Waals surface area contributed by atoms with Gasteiger partial charge in [0.2, 0.25) is 11.8 Å². The second kappa shape index (κ2) is 8.05. The number of carbonyl (C=O) groups is 2. The van der Waals surface area contributed by atoms with E-state index in [1.165, 1.54) is 16.9 Å². The fourth-order valence-corrected chi connectivity index (χ4v) is 4.77. The van der Waals surface area contributed by atoms with Gasteiger partial charge in [-0.3, -0.25) is 9.59 Å². The number of hydrogen-bond donors (Lipinski definition) is 3. The third kappa shape index (κ3) is 4.01. The first-order valence-corrected chi connectivity index (χ1v) is 10.7. The Bertz CT molecular complexity index is 1060. The normalized spacial score (nSPS) is 23.2. The van der Waals surface area contributed by atoms with Gasteiger partial charge in [-0.2, -0.15) is 0 Å². The van der Waals surface area contributed by atoms with Gasteiger partial charge in [0.05, 0.1) is 16.6 Å². The molecular weight excluding hydrogens is 396 g/mol. The van der Waals surface area contributed by atoms with Crippen molar-refractivity contribution in [3.8, 4) is 10.4 Å². The van der Waals surface area contributed by atoms with Gasteiger partial charge in [0.1, 0.15) is 5.92 Å². The number of aryl methyl sites for hydroxylation is 1. The Morgan fingerprint density at radius 2 is 1.80 bits per heavy atom. The van der Waals surface area contributed by atoms with Gasteiger partial charge in [-0.25, -0.2) is 0 Å². The molecule has 1 aromatic heterocycles. The van der Waals surface area contributed by atoms with Crippen LogP contribution in [0.2, 0.25) is 0 Å². The van der Waals surface area contributed by atoms with Crippen LogP contribution in [0.1, 0.15) is 18.1 Å². The van der Waals surface area contributed by atoms with E-state index in [4.69, 9.17) is 0 Å². The van der Waals surface area contributed by atoms with E-state index < -0.39 is 29.4 Å². The number of nitrogens with one attached hydrogen (secondary N) is 2. The van der Waals surface area contributed by atoms with Crippen molar-refractivity contribution in [1.82, 2.24) is 5.32 Å². The van der Waals surface area contributed by atoms with Gasteiger partial charge in [0.15, 0.2) is 0 Å². The zero-order chi connectivity index (χ0) is 21.3. The molecule has 1 aliphatic heterocycles. The lowest BCUT2D eigenvalue weighted by molar-refractivity contribution is -0.132. The van der Waals surface area contributed by atoms with Crippen LogP contribution in [0.25, 0.3) is 10.4 Å². The van der Waals surface area contributed by atoms with Crippen molar-refractivity contribution in [2.45, 2.75) is 31.9 Å². The molecule has 3 atom stereocenters. The van der Waals surface area contributed by atoms with E-state index in [1.54, 1.807) is 6.92 Å². The summed E-state index contributed by atoms with van der Waals surface area (Å²) >= 11 is 1.44. The van der Waals surface area contributed by atoms with Crippen LogP contribution in [0.15, 0.2) is 66.7 Å². The van der Waals surface area contributed by atoms with Crippen molar-refractivity contribution in [2.75, 3.05) is 5.32 Å². The van der Waals surface area contributed by atoms with Crippen LogP contribution in [0.4, 0.5) is 5.00 Å². The molecule has 0 aliphatic carbocycles. The number of amides is 2. The maximum Gasteiger partial charge on any atom is 0.240 e. The third-order valence-electron chi connectivity index (χ3n) is 5.54. The topological polar surface area (TPSA) is 78.4 Å². The van der Waals surface area contributed by atoms with Crippen LogP contribution >= 0.6 is 11.3 Å². The molecule has 6 heteroatoms. The minimum Gasteiger partial charge on any atom is -0.389 e. The molecule has 0 saturated carbocycles. The highest BCUT2D eigenvalue weighted by Crippen LogP contribution is 2.34. The monoisotopic (exact) mass is 420 g/mol. The number of anilines is 1. The quantitative estimate of drug-likeness (QED) is 0.550. The smallest absolute Gasteiger partial charge is 0.240 e. The number of benzene rings is 2. The molecule has 0 bridgehead atoms. The van der Waals surface area contributed by atoms with Gasteiger partial charge >= 0.3 is 0 Å². The lowest BCUT2D eigenvalue weighted by Crippen LogP contribution is -2.48. The standard InChI is InChI=1S/C24H24N2O3S/c1-15-8-10-17(11-9-15)18-12-13-19(30-18)25-22(28)20-21(27)24(2,26-23(20)29)14-16-6-4-3-5-7-16/h3-13,20-21,27H,14H2,1-2H3,(H,25,28)(H,26,29). The van der Waals surface area contributed by atoms with Crippen LogP contribution in [-0.2, 0) is 16.0 Å². The highest BCUT2D eigenvalue weighted by Gasteiger charge is 2.52. The third-order valence-corrected chi connectivity index (χ3v) is 6.59. The van der Waals surface area contributed by atoms with Crippen LogP contribution < -0.4 is 10.6 Å². The van der Waals surface area contributed by atoms with Crippen LogP contribution in [0.5, 0.6) is 0 Å². The lowest BCUT2D eigenvalue weighted by atomic mass is 9.85. The lowest BCUT2D eigenvalue weighted by Gasteiger charge is -2.29. The zero-order valence-corrected chi connectivity index (χ0v) is 17.7. The molecule has 3 N–H and O–H groups in total. The molecule has 5 nitrogen and oxygen atoms in total. The molecule has 3 unspecified atom stereocenters. The molecule has 154 valence electrons. The SMILES string of the molecule is Cc1ccc(-c2ccc(NC(=O)C3C(=O)NC(C)(Cc4ccccc4)C3O)s2)cc1. The second-order valence-corrected chi connectivity index (χ2v) is 9.09. The average molecular weight is 421 g/mol. The summed E-state index contributed by atoms with van der Waals surface area (Å²) in [6, 6.07) is 21.5. The summed E-state index contributed by atoms with van der Waals surface area (Å²) in [5.74, 6) is -2.09. The van der Waals surface area contributed by atoms with Crippen molar-refractivity contribution < 1.29 is 14.7 Å². The fourth-order valence-electron chi connectivity index (χ4n) is 3.85. The van der Waals surface area contributed by atoms with Crippen molar-refractivity contribution in [3.63, 3.8) is 0 Å². The van der Waals surface area contributed by atoms with Crippen molar-refractivity contribution in [2.24, 2.45) is 5.92 Å². The largest absolute Gasteiger partial charge is 0.389 e. The minimum atomic E-state index is -1.15.